The van der Waals surface area contributed by atoms with Crippen molar-refractivity contribution >= 4 is 0 Å². The third-order valence-electron chi connectivity index (χ3n) is 6.67. The maximum absolute atomic E-state index is 2.68. The van der Waals surface area contributed by atoms with Gasteiger partial charge in [-0.1, -0.05) is 0 Å². The first-order valence-corrected chi connectivity index (χ1v) is 9.58. The van der Waals surface area contributed by atoms with E-state index in [0.717, 1.165) is 17.3 Å². The maximum atomic E-state index is 2.68. The van der Waals surface area contributed by atoms with Crippen molar-refractivity contribution in [3.8, 4) is 0 Å². The van der Waals surface area contributed by atoms with Crippen LogP contribution in [0.5, 0.6) is 0 Å². The van der Waals surface area contributed by atoms with Gasteiger partial charge in [0.05, 0.1) is 0 Å². The normalized spacial score (nSPS) is 28.6. The molecular weight excluding hydrogens is 268 g/mol. The quantitative estimate of drug-likeness (QED) is 0.746. The van der Waals surface area contributed by atoms with Crippen molar-refractivity contribution in [3.63, 3.8) is 0 Å². The van der Waals surface area contributed by atoms with Gasteiger partial charge >= 0.3 is 0 Å². The van der Waals surface area contributed by atoms with E-state index in [0.29, 0.717) is 11.1 Å². The first kappa shape index (κ1) is 16.8. The van der Waals surface area contributed by atoms with Crippen LogP contribution in [-0.2, 0) is 0 Å². The lowest BCUT2D eigenvalue weighted by Gasteiger charge is -2.63. The number of piperidine rings is 1. The molecule has 128 valence electrons. The van der Waals surface area contributed by atoms with E-state index >= 15 is 0 Å². The van der Waals surface area contributed by atoms with Gasteiger partial charge in [0.2, 0.25) is 0 Å². The highest BCUT2D eigenvalue weighted by atomic mass is 15.3. The molecule has 0 bridgehead atoms. The number of hydrogen-bond acceptors (Lipinski definition) is 2. The molecule has 22 heavy (non-hydrogen) atoms. The lowest BCUT2D eigenvalue weighted by molar-refractivity contribution is -0.134. The highest BCUT2D eigenvalue weighted by Gasteiger charge is 2.54. The lowest BCUT2D eigenvalue weighted by Crippen LogP contribution is -2.66. The molecule has 0 aromatic carbocycles. The van der Waals surface area contributed by atoms with Crippen LogP contribution in [0.1, 0.15) is 73.6 Å². The van der Waals surface area contributed by atoms with Gasteiger partial charge in [0.15, 0.2) is 0 Å². The summed E-state index contributed by atoms with van der Waals surface area (Å²) < 4.78 is 0. The summed E-state index contributed by atoms with van der Waals surface area (Å²) in [6, 6.07) is 0. The zero-order valence-corrected chi connectivity index (χ0v) is 15.9. The van der Waals surface area contributed by atoms with Gasteiger partial charge in [0.1, 0.15) is 0 Å². The Morgan fingerprint density at radius 1 is 0.773 bits per heavy atom. The molecule has 2 heterocycles. The van der Waals surface area contributed by atoms with E-state index < -0.39 is 0 Å². The van der Waals surface area contributed by atoms with E-state index in [-0.39, 0.29) is 0 Å². The monoisotopic (exact) mass is 306 g/mol. The van der Waals surface area contributed by atoms with Gasteiger partial charge in [-0.25, -0.2) is 0 Å². The fourth-order valence-corrected chi connectivity index (χ4v) is 5.14. The van der Waals surface area contributed by atoms with Gasteiger partial charge in [0, 0.05) is 24.2 Å². The molecule has 0 atom stereocenters. The molecule has 0 radical (unpaired) electrons. The van der Waals surface area contributed by atoms with Crippen molar-refractivity contribution in [1.82, 2.24) is 9.80 Å². The first-order valence-electron chi connectivity index (χ1n) is 9.58. The van der Waals surface area contributed by atoms with Crippen LogP contribution in [0.25, 0.3) is 0 Å². The van der Waals surface area contributed by atoms with Crippen molar-refractivity contribution < 1.29 is 0 Å². The fourth-order valence-electron chi connectivity index (χ4n) is 5.14. The summed E-state index contributed by atoms with van der Waals surface area (Å²) in [5.41, 5.74) is 1.49. The molecule has 0 aromatic heterocycles. The van der Waals surface area contributed by atoms with Crippen molar-refractivity contribution in [2.45, 2.75) is 84.7 Å². The van der Waals surface area contributed by atoms with E-state index in [1.807, 2.05) is 0 Å². The summed E-state index contributed by atoms with van der Waals surface area (Å²) in [6.45, 7) is 19.6. The van der Waals surface area contributed by atoms with Crippen LogP contribution in [0.2, 0.25) is 0 Å². The summed E-state index contributed by atoms with van der Waals surface area (Å²) in [5.74, 6) is 2.06. The van der Waals surface area contributed by atoms with E-state index in [9.17, 15) is 0 Å². The molecule has 2 aliphatic heterocycles. The van der Waals surface area contributed by atoms with Crippen LogP contribution < -0.4 is 0 Å². The molecule has 2 heteroatoms. The minimum atomic E-state index is 0.369. The molecule has 3 aliphatic rings. The van der Waals surface area contributed by atoms with Crippen LogP contribution in [0.3, 0.4) is 0 Å². The summed E-state index contributed by atoms with van der Waals surface area (Å²) in [4.78, 5) is 5.35. The highest BCUT2D eigenvalue weighted by Crippen LogP contribution is 2.55. The van der Waals surface area contributed by atoms with Crippen LogP contribution >= 0.6 is 0 Å². The van der Waals surface area contributed by atoms with Crippen molar-refractivity contribution in [1.29, 1.82) is 0 Å². The Morgan fingerprint density at radius 2 is 1.27 bits per heavy atom. The molecule has 0 N–H and O–H groups in total. The van der Waals surface area contributed by atoms with Crippen LogP contribution in [0.4, 0.5) is 0 Å². The molecule has 3 rings (SSSR count). The Hall–Kier alpha value is -0.0800. The molecule has 0 amide bonds. The zero-order valence-electron chi connectivity index (χ0n) is 15.9. The number of likely N-dealkylation sites (tertiary alicyclic amines) is 2. The van der Waals surface area contributed by atoms with Gasteiger partial charge in [-0.3, -0.25) is 9.80 Å². The second-order valence-corrected chi connectivity index (χ2v) is 10.6. The molecule has 1 aliphatic carbocycles. The summed E-state index contributed by atoms with van der Waals surface area (Å²) in [6.07, 6.45) is 7.46. The van der Waals surface area contributed by atoms with Crippen molar-refractivity contribution in [2.75, 3.05) is 26.2 Å². The summed E-state index contributed by atoms with van der Waals surface area (Å²) >= 11 is 0. The Labute approximate surface area is 138 Å². The minimum Gasteiger partial charge on any atom is -0.298 e. The lowest BCUT2D eigenvalue weighted by atomic mass is 9.55. The Balaban J connectivity index is 1.36. The molecule has 2 saturated heterocycles. The second kappa shape index (κ2) is 5.48. The predicted molar refractivity (Wildman–Crippen MR) is 95.2 cm³/mol. The average molecular weight is 307 g/mol. The molecule has 1 saturated carbocycles. The van der Waals surface area contributed by atoms with Crippen LogP contribution in [-0.4, -0.2) is 47.1 Å². The van der Waals surface area contributed by atoms with E-state index in [4.69, 9.17) is 0 Å². The zero-order chi connectivity index (χ0) is 16.2. The average Bonchev–Trinajstić information content (AvgIpc) is 2.28. The highest BCUT2D eigenvalue weighted by molar-refractivity contribution is 5.07. The Bertz CT molecular complexity index is 379. The first-order chi connectivity index (χ1) is 10.1. The van der Waals surface area contributed by atoms with Crippen molar-refractivity contribution in [2.24, 2.45) is 17.3 Å². The summed E-state index contributed by atoms with van der Waals surface area (Å²) in [7, 11) is 0. The third-order valence-corrected chi connectivity index (χ3v) is 6.67. The molecule has 0 unspecified atom stereocenters. The smallest absolute Gasteiger partial charge is 0.0125 e. The van der Waals surface area contributed by atoms with E-state index in [2.05, 4.69) is 51.3 Å². The molecular formula is C20H38N2. The van der Waals surface area contributed by atoms with Crippen LogP contribution in [0.15, 0.2) is 0 Å². The largest absolute Gasteiger partial charge is 0.298 e. The second-order valence-electron chi connectivity index (χ2n) is 10.6. The number of nitrogens with zero attached hydrogens (tertiary/aromatic N) is 2. The summed E-state index contributed by atoms with van der Waals surface area (Å²) in [5, 5.41) is 0. The Kier molecular flexibility index (Phi) is 4.18. The predicted octanol–water partition coefficient (Wildman–Crippen LogP) is 4.40. The Morgan fingerprint density at radius 3 is 1.73 bits per heavy atom. The third kappa shape index (κ3) is 3.38. The molecule has 1 spiro atoms. The van der Waals surface area contributed by atoms with Gasteiger partial charge in [0.25, 0.3) is 0 Å². The number of rotatable bonds is 2. The van der Waals surface area contributed by atoms with Crippen LogP contribution in [0, 0.1) is 17.3 Å². The van der Waals surface area contributed by atoms with Crippen molar-refractivity contribution in [3.05, 3.63) is 0 Å². The van der Waals surface area contributed by atoms with E-state index in [1.165, 1.54) is 58.3 Å². The fraction of sp³-hybridized carbons (Fsp3) is 1.00. The maximum Gasteiger partial charge on any atom is 0.0125 e. The van der Waals surface area contributed by atoms with Gasteiger partial charge in [-0.15, -0.1) is 0 Å². The van der Waals surface area contributed by atoms with Gasteiger partial charge in [-0.2, -0.15) is 0 Å². The molecule has 2 nitrogen and oxygen atoms in total. The molecule has 0 aromatic rings. The molecule has 3 fully saturated rings. The topological polar surface area (TPSA) is 6.48 Å². The van der Waals surface area contributed by atoms with Gasteiger partial charge in [-0.05, 0) is 104 Å². The standard InChI is InChI=1S/C20H38N2/c1-18(2,3)21-9-7-16(8-10-21)11-17-12-20(13-17)14-22(15-20)19(4,5)6/h16-17H,7-15H2,1-6H3. The minimum absolute atomic E-state index is 0.369. The van der Waals surface area contributed by atoms with E-state index in [1.54, 1.807) is 0 Å². The van der Waals surface area contributed by atoms with Gasteiger partial charge < -0.3 is 0 Å². The SMILES string of the molecule is CC(C)(C)N1CCC(CC2CC3(C2)CN(C(C)(C)C)C3)CC1. The number of hydrogen-bond donors (Lipinski definition) is 0.